The van der Waals surface area contributed by atoms with Gasteiger partial charge in [-0.1, -0.05) is 6.07 Å². The van der Waals surface area contributed by atoms with E-state index in [1.54, 1.807) is 47.6 Å². The molecule has 0 aliphatic carbocycles. The molecular formula is C22H24N6O2. The number of anilines is 2. The number of hydrogen-bond acceptors (Lipinski definition) is 5. The van der Waals surface area contributed by atoms with Crippen LogP contribution < -0.4 is 16.0 Å². The Kier molecular flexibility index (Phi) is 5.47. The van der Waals surface area contributed by atoms with Crippen LogP contribution in [0.15, 0.2) is 55.1 Å². The summed E-state index contributed by atoms with van der Waals surface area (Å²) in [5, 5.41) is 10.6. The van der Waals surface area contributed by atoms with E-state index < -0.39 is 5.91 Å². The molecule has 2 aromatic carbocycles. The SMILES string of the molecule is C[C@H]1CCCCN1c1ccc(C(N)=O)cc1NC(=O)c1cccc(-n2cnnc2)c1. The van der Waals surface area contributed by atoms with Crippen LogP contribution in [0.4, 0.5) is 11.4 Å². The zero-order valence-corrected chi connectivity index (χ0v) is 16.8. The first-order chi connectivity index (χ1) is 14.5. The van der Waals surface area contributed by atoms with Gasteiger partial charge in [-0.2, -0.15) is 0 Å². The highest BCUT2D eigenvalue weighted by molar-refractivity contribution is 6.07. The molecule has 0 spiro atoms. The molecule has 3 aromatic rings. The van der Waals surface area contributed by atoms with E-state index >= 15 is 0 Å². The largest absolute Gasteiger partial charge is 0.367 e. The standard InChI is InChI=1S/C22H24N6O2/c1-15-5-2-3-10-28(15)20-9-8-16(21(23)29)12-19(20)26-22(30)17-6-4-7-18(11-17)27-13-24-25-14-27/h4,6-9,11-15H,2-3,5,10H2,1H3,(H2,23,29)(H,26,30)/t15-/m0/s1. The fourth-order valence-corrected chi connectivity index (χ4v) is 3.83. The maximum atomic E-state index is 13.0. The van der Waals surface area contributed by atoms with Crippen molar-refractivity contribution in [3.05, 3.63) is 66.2 Å². The summed E-state index contributed by atoms with van der Waals surface area (Å²) in [5.41, 5.74) is 8.58. The van der Waals surface area contributed by atoms with Crippen molar-refractivity contribution in [2.75, 3.05) is 16.8 Å². The number of nitrogens with one attached hydrogen (secondary N) is 1. The molecule has 2 heterocycles. The molecule has 1 aromatic heterocycles. The lowest BCUT2D eigenvalue weighted by atomic mass is 10.0. The number of primary amides is 1. The van der Waals surface area contributed by atoms with Crippen LogP contribution >= 0.6 is 0 Å². The quantitative estimate of drug-likeness (QED) is 0.680. The number of benzene rings is 2. The van der Waals surface area contributed by atoms with E-state index in [9.17, 15) is 9.59 Å². The lowest BCUT2D eigenvalue weighted by Gasteiger charge is -2.36. The minimum absolute atomic E-state index is 0.266. The lowest BCUT2D eigenvalue weighted by molar-refractivity contribution is 0.0996. The Morgan fingerprint density at radius 2 is 1.87 bits per heavy atom. The van der Waals surface area contributed by atoms with Gasteiger partial charge < -0.3 is 16.0 Å². The van der Waals surface area contributed by atoms with E-state index in [2.05, 4.69) is 27.3 Å². The Hall–Kier alpha value is -3.68. The monoisotopic (exact) mass is 404 g/mol. The number of carbonyl (C=O) groups is 2. The van der Waals surface area contributed by atoms with E-state index in [4.69, 9.17) is 5.73 Å². The summed E-state index contributed by atoms with van der Waals surface area (Å²) in [5.74, 6) is -0.796. The van der Waals surface area contributed by atoms with Gasteiger partial charge in [-0.05, 0) is 62.6 Å². The van der Waals surface area contributed by atoms with Crippen molar-refractivity contribution in [3.8, 4) is 5.69 Å². The minimum Gasteiger partial charge on any atom is -0.367 e. The first-order valence-electron chi connectivity index (χ1n) is 10.00. The minimum atomic E-state index is -0.529. The first kappa shape index (κ1) is 19.6. The fraction of sp³-hybridized carbons (Fsp3) is 0.273. The van der Waals surface area contributed by atoms with Crippen molar-refractivity contribution in [1.82, 2.24) is 14.8 Å². The molecule has 1 saturated heterocycles. The number of piperidine rings is 1. The Labute approximate surface area is 174 Å². The predicted octanol–water partition coefficient (Wildman–Crippen LogP) is 3.00. The van der Waals surface area contributed by atoms with Gasteiger partial charge in [0.15, 0.2) is 0 Å². The number of aromatic nitrogens is 3. The van der Waals surface area contributed by atoms with Gasteiger partial charge in [0.1, 0.15) is 12.7 Å². The van der Waals surface area contributed by atoms with Crippen molar-refractivity contribution in [3.63, 3.8) is 0 Å². The van der Waals surface area contributed by atoms with Gasteiger partial charge in [-0.3, -0.25) is 14.2 Å². The Balaban J connectivity index is 1.66. The van der Waals surface area contributed by atoms with Crippen molar-refractivity contribution < 1.29 is 9.59 Å². The molecule has 8 heteroatoms. The van der Waals surface area contributed by atoms with Crippen LogP contribution in [0.2, 0.25) is 0 Å². The highest BCUT2D eigenvalue weighted by Crippen LogP contribution is 2.32. The summed E-state index contributed by atoms with van der Waals surface area (Å²) in [6, 6.07) is 12.8. The van der Waals surface area contributed by atoms with E-state index in [0.717, 1.165) is 30.8 Å². The highest BCUT2D eigenvalue weighted by atomic mass is 16.2. The Morgan fingerprint density at radius 3 is 2.60 bits per heavy atom. The number of amides is 2. The molecule has 1 fully saturated rings. The van der Waals surface area contributed by atoms with Gasteiger partial charge in [-0.25, -0.2) is 0 Å². The van der Waals surface area contributed by atoms with Gasteiger partial charge in [0.05, 0.1) is 11.4 Å². The van der Waals surface area contributed by atoms with Crippen LogP contribution in [0, 0.1) is 0 Å². The fourth-order valence-electron chi connectivity index (χ4n) is 3.83. The summed E-state index contributed by atoms with van der Waals surface area (Å²) in [6.07, 6.45) is 6.52. The summed E-state index contributed by atoms with van der Waals surface area (Å²) in [6.45, 7) is 3.08. The molecule has 2 amide bonds. The zero-order chi connectivity index (χ0) is 21.1. The molecule has 4 rings (SSSR count). The molecule has 3 N–H and O–H groups in total. The third-order valence-electron chi connectivity index (χ3n) is 5.47. The summed E-state index contributed by atoms with van der Waals surface area (Å²) in [4.78, 5) is 27.0. The molecule has 1 aliphatic heterocycles. The van der Waals surface area contributed by atoms with Gasteiger partial charge in [0, 0.05) is 29.4 Å². The molecule has 30 heavy (non-hydrogen) atoms. The molecule has 0 radical (unpaired) electrons. The average molecular weight is 404 g/mol. The third kappa shape index (κ3) is 4.03. The van der Waals surface area contributed by atoms with Crippen LogP contribution in [-0.2, 0) is 0 Å². The second-order valence-corrected chi connectivity index (χ2v) is 7.51. The highest BCUT2D eigenvalue weighted by Gasteiger charge is 2.22. The number of hydrogen-bond donors (Lipinski definition) is 2. The van der Waals surface area contributed by atoms with Gasteiger partial charge in [-0.15, -0.1) is 10.2 Å². The maximum absolute atomic E-state index is 13.0. The number of nitrogens with zero attached hydrogens (tertiary/aromatic N) is 4. The van der Waals surface area contributed by atoms with Crippen molar-refractivity contribution in [1.29, 1.82) is 0 Å². The van der Waals surface area contributed by atoms with Crippen LogP contribution in [0.5, 0.6) is 0 Å². The number of carbonyl (C=O) groups excluding carboxylic acids is 2. The average Bonchev–Trinajstić information content (AvgIpc) is 3.29. The summed E-state index contributed by atoms with van der Waals surface area (Å²) in [7, 11) is 0. The number of nitrogens with two attached hydrogens (primary N) is 1. The zero-order valence-electron chi connectivity index (χ0n) is 16.8. The van der Waals surface area contributed by atoms with Crippen molar-refractivity contribution >= 4 is 23.2 Å². The van der Waals surface area contributed by atoms with Crippen LogP contribution in [0.1, 0.15) is 46.9 Å². The first-order valence-corrected chi connectivity index (χ1v) is 10.00. The van der Waals surface area contributed by atoms with Crippen LogP contribution in [-0.4, -0.2) is 39.2 Å². The maximum Gasteiger partial charge on any atom is 0.255 e. The molecule has 1 atom stereocenters. The molecule has 0 unspecified atom stereocenters. The van der Waals surface area contributed by atoms with Gasteiger partial charge in [0.2, 0.25) is 5.91 Å². The van der Waals surface area contributed by atoms with E-state index in [-0.39, 0.29) is 5.91 Å². The van der Waals surface area contributed by atoms with E-state index in [1.807, 2.05) is 12.1 Å². The van der Waals surface area contributed by atoms with Crippen LogP contribution in [0.3, 0.4) is 0 Å². The van der Waals surface area contributed by atoms with E-state index in [1.165, 1.54) is 6.42 Å². The Bertz CT molecular complexity index is 1060. The Morgan fingerprint density at radius 1 is 1.07 bits per heavy atom. The summed E-state index contributed by atoms with van der Waals surface area (Å²) >= 11 is 0. The molecular weight excluding hydrogens is 380 g/mol. The van der Waals surface area contributed by atoms with Crippen molar-refractivity contribution in [2.45, 2.75) is 32.2 Å². The lowest BCUT2D eigenvalue weighted by Crippen LogP contribution is -2.38. The molecule has 154 valence electrons. The molecule has 8 nitrogen and oxygen atoms in total. The third-order valence-corrected chi connectivity index (χ3v) is 5.47. The van der Waals surface area contributed by atoms with Crippen molar-refractivity contribution in [2.24, 2.45) is 5.73 Å². The smallest absolute Gasteiger partial charge is 0.255 e. The van der Waals surface area contributed by atoms with Crippen LogP contribution in [0.25, 0.3) is 5.69 Å². The van der Waals surface area contributed by atoms with Gasteiger partial charge in [0.25, 0.3) is 5.91 Å². The second-order valence-electron chi connectivity index (χ2n) is 7.51. The van der Waals surface area contributed by atoms with E-state index in [0.29, 0.717) is 22.9 Å². The predicted molar refractivity (Wildman–Crippen MR) is 115 cm³/mol. The topological polar surface area (TPSA) is 106 Å². The second kappa shape index (κ2) is 8.36. The van der Waals surface area contributed by atoms with Gasteiger partial charge >= 0.3 is 0 Å². The number of rotatable bonds is 5. The molecule has 0 saturated carbocycles. The molecule has 1 aliphatic rings. The summed E-state index contributed by atoms with van der Waals surface area (Å²) < 4.78 is 1.73. The normalized spacial score (nSPS) is 16.3. The molecule has 0 bridgehead atoms.